The first kappa shape index (κ1) is 12.4. The number of rotatable bonds is 2. The van der Waals surface area contributed by atoms with E-state index in [1.54, 1.807) is 20.1 Å². The Morgan fingerprint density at radius 1 is 1.05 bits per heavy atom. The Kier molecular flexibility index (Phi) is 2.99. The summed E-state index contributed by atoms with van der Waals surface area (Å²) in [7, 11) is 1.64. The van der Waals surface area contributed by atoms with Crippen LogP contribution in [0.2, 0.25) is 0 Å². The second-order valence-corrected chi connectivity index (χ2v) is 4.61. The maximum absolute atomic E-state index is 11.8. The van der Waals surface area contributed by atoms with Crippen LogP contribution >= 0.6 is 0 Å². The smallest absolute Gasteiger partial charge is 0.258 e. The lowest BCUT2D eigenvalue weighted by Gasteiger charge is -2.05. The first-order valence-corrected chi connectivity index (χ1v) is 6.32. The molecule has 0 aliphatic carbocycles. The largest absolute Gasteiger partial charge is 0.497 e. The monoisotopic (exact) mass is 266 g/mol. The second kappa shape index (κ2) is 4.81. The number of aryl methyl sites for hydroxylation is 1. The second-order valence-electron chi connectivity index (χ2n) is 4.61. The van der Waals surface area contributed by atoms with Gasteiger partial charge in [0.05, 0.1) is 18.0 Å². The third-order valence-corrected chi connectivity index (χ3v) is 3.25. The van der Waals surface area contributed by atoms with Crippen LogP contribution in [0, 0.1) is 6.92 Å². The van der Waals surface area contributed by atoms with E-state index in [0.29, 0.717) is 16.7 Å². The summed E-state index contributed by atoms with van der Waals surface area (Å²) in [5.74, 6) is 1.44. The van der Waals surface area contributed by atoms with Crippen molar-refractivity contribution in [3.05, 3.63) is 58.6 Å². The molecule has 4 heteroatoms. The number of benzene rings is 2. The van der Waals surface area contributed by atoms with Gasteiger partial charge in [-0.05, 0) is 42.3 Å². The molecular weight excluding hydrogens is 252 g/mol. The number of nitrogens with one attached hydrogen (secondary N) is 1. The van der Waals surface area contributed by atoms with Gasteiger partial charge in [0.25, 0.3) is 5.56 Å². The minimum atomic E-state index is -0.103. The molecule has 0 unspecified atom stereocenters. The summed E-state index contributed by atoms with van der Waals surface area (Å²) in [4.78, 5) is 18.9. The van der Waals surface area contributed by atoms with Crippen molar-refractivity contribution in [2.75, 3.05) is 7.11 Å². The van der Waals surface area contributed by atoms with E-state index in [1.807, 2.05) is 36.4 Å². The third kappa shape index (κ3) is 2.16. The van der Waals surface area contributed by atoms with Crippen molar-refractivity contribution in [3.63, 3.8) is 0 Å². The van der Waals surface area contributed by atoms with Crippen LogP contribution in [-0.4, -0.2) is 17.1 Å². The summed E-state index contributed by atoms with van der Waals surface area (Å²) in [6.45, 7) is 1.78. The van der Waals surface area contributed by atoms with Gasteiger partial charge in [-0.3, -0.25) is 4.79 Å². The Balaban J connectivity index is 2.14. The van der Waals surface area contributed by atoms with Gasteiger partial charge >= 0.3 is 0 Å². The number of aromatic nitrogens is 2. The Labute approximate surface area is 116 Å². The van der Waals surface area contributed by atoms with Crippen LogP contribution in [-0.2, 0) is 0 Å². The molecule has 4 nitrogen and oxygen atoms in total. The first-order chi connectivity index (χ1) is 9.67. The van der Waals surface area contributed by atoms with E-state index in [2.05, 4.69) is 9.97 Å². The summed E-state index contributed by atoms with van der Waals surface area (Å²) in [5.41, 5.74) is 2.69. The normalized spacial score (nSPS) is 10.7. The molecule has 0 saturated carbocycles. The molecule has 100 valence electrons. The molecule has 0 atom stereocenters. The molecule has 0 spiro atoms. The molecular formula is C16H14N2O2. The lowest BCUT2D eigenvalue weighted by molar-refractivity contribution is 0.415. The Morgan fingerprint density at radius 3 is 2.45 bits per heavy atom. The number of nitrogens with zero attached hydrogens (tertiary/aromatic N) is 1. The van der Waals surface area contributed by atoms with E-state index in [0.717, 1.165) is 16.9 Å². The fourth-order valence-corrected chi connectivity index (χ4v) is 2.22. The average molecular weight is 266 g/mol. The fraction of sp³-hybridized carbons (Fsp3) is 0.125. The van der Waals surface area contributed by atoms with E-state index in [1.165, 1.54) is 0 Å². The van der Waals surface area contributed by atoms with Crippen LogP contribution in [0.4, 0.5) is 0 Å². The molecule has 0 fully saturated rings. The molecule has 1 heterocycles. The highest BCUT2D eigenvalue weighted by molar-refractivity contribution is 5.83. The number of methoxy groups -OCH3 is 1. The minimum absolute atomic E-state index is 0.103. The number of H-pyrrole nitrogens is 1. The van der Waals surface area contributed by atoms with Crippen molar-refractivity contribution in [1.82, 2.24) is 9.97 Å². The highest BCUT2D eigenvalue weighted by Gasteiger charge is 2.04. The van der Waals surface area contributed by atoms with Crippen molar-refractivity contribution in [2.45, 2.75) is 6.92 Å². The number of hydrogen-bond acceptors (Lipinski definition) is 3. The Morgan fingerprint density at radius 2 is 1.75 bits per heavy atom. The zero-order valence-electron chi connectivity index (χ0n) is 11.3. The zero-order chi connectivity index (χ0) is 14.1. The van der Waals surface area contributed by atoms with Crippen LogP contribution in [0.1, 0.15) is 5.82 Å². The molecule has 0 radical (unpaired) electrons. The molecule has 0 aliphatic rings. The summed E-state index contributed by atoms with van der Waals surface area (Å²) in [6, 6.07) is 13.5. The predicted octanol–water partition coefficient (Wildman–Crippen LogP) is 2.91. The molecule has 3 aromatic rings. The predicted molar refractivity (Wildman–Crippen MR) is 79.1 cm³/mol. The van der Waals surface area contributed by atoms with E-state index in [-0.39, 0.29) is 5.56 Å². The van der Waals surface area contributed by atoms with Crippen LogP contribution in [0.3, 0.4) is 0 Å². The van der Waals surface area contributed by atoms with Crippen LogP contribution in [0.5, 0.6) is 5.75 Å². The van der Waals surface area contributed by atoms with E-state index in [9.17, 15) is 4.79 Å². The molecule has 20 heavy (non-hydrogen) atoms. The van der Waals surface area contributed by atoms with Crippen molar-refractivity contribution in [2.24, 2.45) is 0 Å². The average Bonchev–Trinajstić information content (AvgIpc) is 2.46. The van der Waals surface area contributed by atoms with Crippen LogP contribution in [0.15, 0.2) is 47.3 Å². The summed E-state index contributed by atoms with van der Waals surface area (Å²) < 4.78 is 5.15. The quantitative estimate of drug-likeness (QED) is 0.776. The van der Waals surface area contributed by atoms with Crippen molar-refractivity contribution < 1.29 is 4.74 Å². The maximum atomic E-state index is 11.8. The SMILES string of the molecule is COc1ccc(-c2ccc3c(=O)[nH]c(C)nc3c2)cc1. The maximum Gasteiger partial charge on any atom is 0.258 e. The van der Waals surface area contributed by atoms with Crippen LogP contribution in [0.25, 0.3) is 22.0 Å². The molecule has 0 aliphatic heterocycles. The van der Waals surface area contributed by atoms with Gasteiger partial charge in [0.2, 0.25) is 0 Å². The Bertz CT molecular complexity index is 820. The molecule has 2 aromatic carbocycles. The zero-order valence-corrected chi connectivity index (χ0v) is 11.3. The highest BCUT2D eigenvalue weighted by Crippen LogP contribution is 2.24. The fourth-order valence-electron chi connectivity index (χ4n) is 2.22. The summed E-state index contributed by atoms with van der Waals surface area (Å²) in [5, 5.41) is 0.605. The molecule has 1 aromatic heterocycles. The van der Waals surface area contributed by atoms with Gasteiger partial charge in [-0.2, -0.15) is 0 Å². The van der Waals surface area contributed by atoms with Crippen molar-refractivity contribution in [1.29, 1.82) is 0 Å². The van der Waals surface area contributed by atoms with Gasteiger partial charge in [-0.15, -0.1) is 0 Å². The van der Waals surface area contributed by atoms with Gasteiger partial charge in [-0.1, -0.05) is 18.2 Å². The number of fused-ring (bicyclic) bond motifs is 1. The van der Waals surface area contributed by atoms with E-state index in [4.69, 9.17) is 4.74 Å². The Hall–Kier alpha value is -2.62. The van der Waals surface area contributed by atoms with Gasteiger partial charge in [0.1, 0.15) is 11.6 Å². The molecule has 3 rings (SSSR count). The van der Waals surface area contributed by atoms with Gasteiger partial charge in [-0.25, -0.2) is 4.98 Å². The van der Waals surface area contributed by atoms with E-state index < -0.39 is 0 Å². The summed E-state index contributed by atoms with van der Waals surface area (Å²) >= 11 is 0. The lowest BCUT2D eigenvalue weighted by atomic mass is 10.0. The van der Waals surface area contributed by atoms with Crippen LogP contribution < -0.4 is 10.3 Å². The third-order valence-electron chi connectivity index (χ3n) is 3.25. The topological polar surface area (TPSA) is 55.0 Å². The molecule has 0 amide bonds. The molecule has 1 N–H and O–H groups in total. The highest BCUT2D eigenvalue weighted by atomic mass is 16.5. The first-order valence-electron chi connectivity index (χ1n) is 6.32. The number of aromatic amines is 1. The van der Waals surface area contributed by atoms with Gasteiger partial charge in [0, 0.05) is 0 Å². The molecule has 0 bridgehead atoms. The molecule has 0 saturated heterocycles. The van der Waals surface area contributed by atoms with Crippen molar-refractivity contribution in [3.8, 4) is 16.9 Å². The van der Waals surface area contributed by atoms with Gasteiger partial charge < -0.3 is 9.72 Å². The number of ether oxygens (including phenoxy) is 1. The van der Waals surface area contributed by atoms with E-state index >= 15 is 0 Å². The van der Waals surface area contributed by atoms with Gasteiger partial charge in [0.15, 0.2) is 0 Å². The summed E-state index contributed by atoms with van der Waals surface area (Å²) in [6.07, 6.45) is 0. The van der Waals surface area contributed by atoms with Crippen molar-refractivity contribution >= 4 is 10.9 Å². The minimum Gasteiger partial charge on any atom is -0.497 e. The number of hydrogen-bond donors (Lipinski definition) is 1. The standard InChI is InChI=1S/C16H14N2O2/c1-10-17-15-9-12(5-8-14(15)16(19)18-10)11-3-6-13(20-2)7-4-11/h3-9H,1-2H3,(H,17,18,19). The lowest BCUT2D eigenvalue weighted by Crippen LogP contribution is -2.09.